The van der Waals surface area contributed by atoms with Crippen molar-refractivity contribution in [3.63, 3.8) is 0 Å². The smallest absolute Gasteiger partial charge is 0.239 e. The summed E-state index contributed by atoms with van der Waals surface area (Å²) in [4.78, 5) is 14.1. The van der Waals surface area contributed by atoms with Gasteiger partial charge >= 0.3 is 0 Å². The lowest BCUT2D eigenvalue weighted by molar-refractivity contribution is -0.134. The SMILES string of the molecule is CC1NCCCN(CC2CCC(C)(C)O2)C1=O. The van der Waals surface area contributed by atoms with Crippen molar-refractivity contribution in [2.24, 2.45) is 0 Å². The summed E-state index contributed by atoms with van der Waals surface area (Å²) < 4.78 is 5.96. The summed E-state index contributed by atoms with van der Waals surface area (Å²) in [5.74, 6) is 0.218. The Balaban J connectivity index is 1.91. The van der Waals surface area contributed by atoms with E-state index in [9.17, 15) is 4.79 Å². The van der Waals surface area contributed by atoms with Crippen molar-refractivity contribution in [2.45, 2.75) is 57.8 Å². The Morgan fingerprint density at radius 1 is 1.53 bits per heavy atom. The highest BCUT2D eigenvalue weighted by atomic mass is 16.5. The molecule has 2 atom stereocenters. The van der Waals surface area contributed by atoms with Gasteiger partial charge in [-0.05, 0) is 46.6 Å². The standard InChI is InChI=1S/C13H24N2O2/c1-10-12(16)15(8-4-7-14-10)9-11-5-6-13(2,3)17-11/h10-11,14H,4-9H2,1-3H3. The Kier molecular flexibility index (Phi) is 3.73. The summed E-state index contributed by atoms with van der Waals surface area (Å²) in [6, 6.07) is -0.0492. The molecule has 0 saturated carbocycles. The van der Waals surface area contributed by atoms with Crippen molar-refractivity contribution in [3.05, 3.63) is 0 Å². The summed E-state index contributed by atoms with van der Waals surface area (Å²) in [6.07, 6.45) is 3.41. The van der Waals surface area contributed by atoms with E-state index in [-0.39, 0.29) is 23.7 Å². The van der Waals surface area contributed by atoms with E-state index in [0.29, 0.717) is 0 Å². The second kappa shape index (κ2) is 4.94. The normalized spacial score (nSPS) is 33.8. The first kappa shape index (κ1) is 12.8. The van der Waals surface area contributed by atoms with Crippen LogP contribution in [0.15, 0.2) is 0 Å². The zero-order chi connectivity index (χ0) is 12.5. The van der Waals surface area contributed by atoms with E-state index in [1.807, 2.05) is 11.8 Å². The van der Waals surface area contributed by atoms with Crippen LogP contribution in [0.3, 0.4) is 0 Å². The van der Waals surface area contributed by atoms with Gasteiger partial charge in [0.1, 0.15) is 0 Å². The molecule has 0 aromatic carbocycles. The zero-order valence-corrected chi connectivity index (χ0v) is 11.2. The molecule has 0 aliphatic carbocycles. The van der Waals surface area contributed by atoms with Gasteiger partial charge in [0.2, 0.25) is 5.91 Å². The molecule has 17 heavy (non-hydrogen) atoms. The molecule has 0 aromatic rings. The molecule has 2 saturated heterocycles. The van der Waals surface area contributed by atoms with Crippen molar-refractivity contribution in [1.82, 2.24) is 10.2 Å². The average molecular weight is 240 g/mol. The number of hydrogen-bond donors (Lipinski definition) is 1. The van der Waals surface area contributed by atoms with Crippen LogP contribution >= 0.6 is 0 Å². The second-order valence-electron chi connectivity index (χ2n) is 5.85. The van der Waals surface area contributed by atoms with E-state index in [1.165, 1.54) is 0 Å². The van der Waals surface area contributed by atoms with Crippen molar-refractivity contribution >= 4 is 5.91 Å². The van der Waals surface area contributed by atoms with Crippen LogP contribution in [0.25, 0.3) is 0 Å². The van der Waals surface area contributed by atoms with Gasteiger partial charge in [0, 0.05) is 13.1 Å². The molecule has 2 fully saturated rings. The number of amides is 1. The van der Waals surface area contributed by atoms with Crippen LogP contribution in [0.5, 0.6) is 0 Å². The molecule has 2 rings (SSSR count). The van der Waals surface area contributed by atoms with Gasteiger partial charge in [-0.15, -0.1) is 0 Å². The third-order valence-electron chi connectivity index (χ3n) is 3.72. The minimum absolute atomic E-state index is 0.0105. The van der Waals surface area contributed by atoms with Gasteiger partial charge in [-0.3, -0.25) is 4.79 Å². The molecule has 98 valence electrons. The van der Waals surface area contributed by atoms with Crippen molar-refractivity contribution in [3.8, 4) is 0 Å². The molecule has 0 aromatic heterocycles. The largest absolute Gasteiger partial charge is 0.371 e. The molecule has 2 unspecified atom stereocenters. The Hall–Kier alpha value is -0.610. The van der Waals surface area contributed by atoms with Gasteiger partial charge in [0.15, 0.2) is 0 Å². The number of nitrogens with one attached hydrogen (secondary N) is 1. The number of ether oxygens (including phenoxy) is 1. The fourth-order valence-corrected chi connectivity index (χ4v) is 2.69. The summed E-state index contributed by atoms with van der Waals surface area (Å²) in [5, 5.41) is 3.23. The van der Waals surface area contributed by atoms with E-state index in [2.05, 4.69) is 19.2 Å². The molecule has 0 spiro atoms. The lowest BCUT2D eigenvalue weighted by Crippen LogP contribution is -2.44. The molecule has 2 heterocycles. The van der Waals surface area contributed by atoms with Gasteiger partial charge in [0.25, 0.3) is 0 Å². The highest BCUT2D eigenvalue weighted by Gasteiger charge is 2.34. The highest BCUT2D eigenvalue weighted by Crippen LogP contribution is 2.29. The fraction of sp³-hybridized carbons (Fsp3) is 0.923. The lowest BCUT2D eigenvalue weighted by atomic mass is 10.1. The van der Waals surface area contributed by atoms with Crippen LogP contribution in [0, 0.1) is 0 Å². The predicted octanol–water partition coefficient (Wildman–Crippen LogP) is 1.15. The Labute approximate surface area is 104 Å². The van der Waals surface area contributed by atoms with Crippen molar-refractivity contribution < 1.29 is 9.53 Å². The Bertz CT molecular complexity index is 291. The van der Waals surface area contributed by atoms with Crippen molar-refractivity contribution in [2.75, 3.05) is 19.6 Å². The summed E-state index contributed by atoms with van der Waals surface area (Å²) in [7, 11) is 0. The summed E-state index contributed by atoms with van der Waals surface area (Å²) >= 11 is 0. The topological polar surface area (TPSA) is 41.6 Å². The number of carbonyl (C=O) groups is 1. The van der Waals surface area contributed by atoms with E-state index in [0.717, 1.165) is 38.9 Å². The lowest BCUT2D eigenvalue weighted by Gasteiger charge is -2.27. The van der Waals surface area contributed by atoms with Crippen LogP contribution in [0.2, 0.25) is 0 Å². The van der Waals surface area contributed by atoms with Crippen LogP contribution in [0.1, 0.15) is 40.0 Å². The monoisotopic (exact) mass is 240 g/mol. The van der Waals surface area contributed by atoms with Crippen LogP contribution < -0.4 is 5.32 Å². The molecule has 2 aliphatic heterocycles. The fourth-order valence-electron chi connectivity index (χ4n) is 2.69. The highest BCUT2D eigenvalue weighted by molar-refractivity contribution is 5.81. The molecular weight excluding hydrogens is 216 g/mol. The van der Waals surface area contributed by atoms with Crippen molar-refractivity contribution in [1.29, 1.82) is 0 Å². The molecule has 4 nitrogen and oxygen atoms in total. The number of rotatable bonds is 2. The first-order valence-corrected chi connectivity index (χ1v) is 6.68. The number of hydrogen-bond acceptors (Lipinski definition) is 3. The van der Waals surface area contributed by atoms with Gasteiger partial charge in [0.05, 0.1) is 17.7 Å². The first-order chi connectivity index (χ1) is 7.98. The van der Waals surface area contributed by atoms with Gasteiger partial charge < -0.3 is 15.0 Å². The molecular formula is C13H24N2O2. The van der Waals surface area contributed by atoms with E-state index >= 15 is 0 Å². The average Bonchev–Trinajstić information content (AvgIpc) is 2.52. The molecule has 2 aliphatic rings. The van der Waals surface area contributed by atoms with Gasteiger partial charge in [-0.2, -0.15) is 0 Å². The third-order valence-corrected chi connectivity index (χ3v) is 3.72. The van der Waals surface area contributed by atoms with E-state index < -0.39 is 0 Å². The zero-order valence-electron chi connectivity index (χ0n) is 11.2. The quantitative estimate of drug-likeness (QED) is 0.787. The molecule has 1 N–H and O–H groups in total. The van der Waals surface area contributed by atoms with Crippen LogP contribution in [-0.4, -0.2) is 48.2 Å². The van der Waals surface area contributed by atoms with Gasteiger partial charge in [-0.1, -0.05) is 0 Å². The number of nitrogens with zero attached hydrogens (tertiary/aromatic N) is 1. The predicted molar refractivity (Wildman–Crippen MR) is 66.8 cm³/mol. The third kappa shape index (κ3) is 3.19. The maximum Gasteiger partial charge on any atom is 0.239 e. The molecule has 0 radical (unpaired) electrons. The minimum atomic E-state index is -0.0492. The minimum Gasteiger partial charge on any atom is -0.371 e. The Morgan fingerprint density at radius 2 is 2.29 bits per heavy atom. The maximum absolute atomic E-state index is 12.1. The summed E-state index contributed by atoms with van der Waals surface area (Å²) in [6.45, 7) is 8.74. The van der Waals surface area contributed by atoms with Crippen LogP contribution in [-0.2, 0) is 9.53 Å². The first-order valence-electron chi connectivity index (χ1n) is 6.68. The van der Waals surface area contributed by atoms with E-state index in [1.54, 1.807) is 0 Å². The summed E-state index contributed by atoms with van der Waals surface area (Å²) in [5.41, 5.74) is -0.0105. The van der Waals surface area contributed by atoms with Crippen LogP contribution in [0.4, 0.5) is 0 Å². The molecule has 4 heteroatoms. The molecule has 1 amide bonds. The second-order valence-corrected chi connectivity index (χ2v) is 5.85. The Morgan fingerprint density at radius 3 is 2.94 bits per heavy atom. The maximum atomic E-state index is 12.1. The van der Waals surface area contributed by atoms with E-state index in [4.69, 9.17) is 4.74 Å². The number of carbonyl (C=O) groups excluding carboxylic acids is 1. The van der Waals surface area contributed by atoms with Gasteiger partial charge in [-0.25, -0.2) is 0 Å². The molecule has 0 bridgehead atoms.